The van der Waals surface area contributed by atoms with Gasteiger partial charge in [-0.3, -0.25) is 4.79 Å². The number of aliphatic hydroxyl groups is 1. The normalized spacial score (nSPS) is 12.2. The van der Waals surface area contributed by atoms with E-state index in [1.54, 1.807) is 6.07 Å². The Kier molecular flexibility index (Phi) is 5.74. The van der Waals surface area contributed by atoms with Crippen LogP contribution in [0.25, 0.3) is 0 Å². The van der Waals surface area contributed by atoms with Gasteiger partial charge >= 0.3 is 0 Å². The van der Waals surface area contributed by atoms with Crippen LogP contribution in [0.4, 0.5) is 4.39 Å². The van der Waals surface area contributed by atoms with Crippen molar-refractivity contribution in [3.05, 3.63) is 35.1 Å². The second-order valence-electron chi connectivity index (χ2n) is 4.38. The monoisotopic (exact) mass is 254 g/mol. The van der Waals surface area contributed by atoms with Gasteiger partial charge in [0.1, 0.15) is 5.82 Å². The number of hydrogen-bond donors (Lipinski definition) is 3. The largest absolute Gasteiger partial charge is 0.392 e. The molecule has 4 nitrogen and oxygen atoms in total. The van der Waals surface area contributed by atoms with E-state index in [9.17, 15) is 9.18 Å². The third-order valence-electron chi connectivity index (χ3n) is 2.60. The average molecular weight is 254 g/mol. The second-order valence-corrected chi connectivity index (χ2v) is 4.38. The summed E-state index contributed by atoms with van der Waals surface area (Å²) in [4.78, 5) is 11.4. The highest BCUT2D eigenvalue weighted by Gasteiger charge is 2.05. The van der Waals surface area contributed by atoms with Gasteiger partial charge in [0.15, 0.2) is 0 Å². The second kappa shape index (κ2) is 7.08. The van der Waals surface area contributed by atoms with Crippen LogP contribution >= 0.6 is 0 Å². The van der Waals surface area contributed by atoms with Crippen molar-refractivity contribution in [1.29, 1.82) is 0 Å². The summed E-state index contributed by atoms with van der Waals surface area (Å²) in [7, 11) is 0. The average Bonchev–Trinajstić information content (AvgIpc) is 2.34. The van der Waals surface area contributed by atoms with Crippen LogP contribution in [-0.2, 0) is 17.9 Å². The molecule has 18 heavy (non-hydrogen) atoms. The number of amides is 1. The first-order chi connectivity index (χ1) is 8.52. The molecule has 0 radical (unpaired) electrons. The fourth-order valence-corrected chi connectivity index (χ4v) is 1.48. The van der Waals surface area contributed by atoms with E-state index < -0.39 is 5.82 Å². The van der Waals surface area contributed by atoms with E-state index in [-0.39, 0.29) is 30.7 Å². The van der Waals surface area contributed by atoms with Crippen LogP contribution in [0.1, 0.15) is 30.9 Å². The maximum absolute atomic E-state index is 13.3. The Balaban J connectivity index is 2.43. The van der Waals surface area contributed by atoms with Crippen molar-refractivity contribution in [2.45, 2.75) is 39.0 Å². The quantitative estimate of drug-likeness (QED) is 0.710. The smallest absolute Gasteiger partial charge is 0.220 e. The molecule has 0 aliphatic carbocycles. The first-order valence-electron chi connectivity index (χ1n) is 5.93. The summed E-state index contributed by atoms with van der Waals surface area (Å²) in [6, 6.07) is 4.51. The van der Waals surface area contributed by atoms with Gasteiger partial charge in [0.25, 0.3) is 0 Å². The van der Waals surface area contributed by atoms with Gasteiger partial charge in [-0.15, -0.1) is 0 Å². The lowest BCUT2D eigenvalue weighted by Crippen LogP contribution is -2.25. The van der Waals surface area contributed by atoms with Crippen molar-refractivity contribution < 1.29 is 14.3 Å². The molecule has 1 atom stereocenters. The van der Waals surface area contributed by atoms with E-state index in [1.165, 1.54) is 12.1 Å². The third-order valence-corrected chi connectivity index (χ3v) is 2.60. The Morgan fingerprint density at radius 1 is 1.56 bits per heavy atom. The standard InChI is InChI=1S/C13H19FN2O2/c1-9(15)2-5-13(18)16-7-10-3-4-11(8-17)12(14)6-10/h3-4,6,9,17H,2,5,7-8,15H2,1H3,(H,16,18). The topological polar surface area (TPSA) is 75.4 Å². The van der Waals surface area contributed by atoms with Crippen molar-refractivity contribution in [2.24, 2.45) is 5.73 Å². The SMILES string of the molecule is CC(N)CCC(=O)NCc1ccc(CO)c(F)c1. The first-order valence-corrected chi connectivity index (χ1v) is 5.93. The van der Waals surface area contributed by atoms with Crippen LogP contribution in [0.5, 0.6) is 0 Å². The van der Waals surface area contributed by atoms with Gasteiger partial charge in [-0.2, -0.15) is 0 Å². The van der Waals surface area contributed by atoms with Crippen LogP contribution in [0.2, 0.25) is 0 Å². The molecule has 100 valence electrons. The first kappa shape index (κ1) is 14.6. The molecule has 1 unspecified atom stereocenters. The van der Waals surface area contributed by atoms with Crippen molar-refractivity contribution >= 4 is 5.91 Å². The van der Waals surface area contributed by atoms with Gasteiger partial charge in [-0.05, 0) is 25.0 Å². The molecule has 0 aliphatic heterocycles. The van der Waals surface area contributed by atoms with E-state index in [0.29, 0.717) is 18.4 Å². The van der Waals surface area contributed by atoms with Gasteiger partial charge < -0.3 is 16.2 Å². The minimum absolute atomic E-state index is 0.00275. The number of rotatable bonds is 6. The molecule has 1 amide bonds. The predicted octanol–water partition coefficient (Wildman–Crippen LogP) is 1.06. The number of nitrogens with two attached hydrogens (primary N) is 1. The fraction of sp³-hybridized carbons (Fsp3) is 0.462. The Hall–Kier alpha value is -1.46. The molecular formula is C13H19FN2O2. The van der Waals surface area contributed by atoms with Gasteiger partial charge in [-0.1, -0.05) is 12.1 Å². The minimum atomic E-state index is -0.458. The number of carbonyl (C=O) groups excluding carboxylic acids is 1. The number of hydrogen-bond acceptors (Lipinski definition) is 3. The molecule has 0 bridgehead atoms. The third kappa shape index (κ3) is 4.81. The Labute approximate surface area is 106 Å². The summed E-state index contributed by atoms with van der Waals surface area (Å²) in [6.45, 7) is 1.80. The van der Waals surface area contributed by atoms with Crippen LogP contribution in [0.15, 0.2) is 18.2 Å². The van der Waals surface area contributed by atoms with Gasteiger partial charge in [0.05, 0.1) is 6.61 Å². The van der Waals surface area contributed by atoms with E-state index in [4.69, 9.17) is 10.8 Å². The number of carbonyl (C=O) groups is 1. The highest BCUT2D eigenvalue weighted by atomic mass is 19.1. The van der Waals surface area contributed by atoms with E-state index in [1.807, 2.05) is 6.92 Å². The summed E-state index contributed by atoms with van der Waals surface area (Å²) >= 11 is 0. The van der Waals surface area contributed by atoms with Crippen molar-refractivity contribution in [3.63, 3.8) is 0 Å². The van der Waals surface area contributed by atoms with Gasteiger partial charge in [0, 0.05) is 24.6 Å². The van der Waals surface area contributed by atoms with E-state index >= 15 is 0 Å². The molecule has 0 saturated carbocycles. The van der Waals surface area contributed by atoms with E-state index in [0.717, 1.165) is 0 Å². The van der Waals surface area contributed by atoms with Crippen molar-refractivity contribution in [1.82, 2.24) is 5.32 Å². The molecule has 5 heteroatoms. The van der Waals surface area contributed by atoms with Crippen LogP contribution < -0.4 is 11.1 Å². The van der Waals surface area contributed by atoms with Gasteiger partial charge in [0.2, 0.25) is 5.91 Å². The number of halogens is 1. The van der Waals surface area contributed by atoms with Crippen LogP contribution in [0.3, 0.4) is 0 Å². The minimum Gasteiger partial charge on any atom is -0.392 e. The lowest BCUT2D eigenvalue weighted by molar-refractivity contribution is -0.121. The molecule has 1 rings (SSSR count). The maximum Gasteiger partial charge on any atom is 0.220 e. The molecule has 0 heterocycles. The van der Waals surface area contributed by atoms with Crippen LogP contribution in [0, 0.1) is 5.82 Å². The molecule has 4 N–H and O–H groups in total. The summed E-state index contributed by atoms with van der Waals surface area (Å²) in [5.74, 6) is -0.557. The molecular weight excluding hydrogens is 235 g/mol. The molecule has 1 aromatic carbocycles. The lowest BCUT2D eigenvalue weighted by atomic mass is 10.1. The summed E-state index contributed by atoms with van der Waals surface area (Å²) in [5, 5.41) is 11.5. The zero-order valence-corrected chi connectivity index (χ0v) is 10.4. The predicted molar refractivity (Wildman–Crippen MR) is 67.1 cm³/mol. The number of nitrogens with one attached hydrogen (secondary N) is 1. The molecule has 0 aliphatic rings. The summed E-state index contributed by atoms with van der Waals surface area (Å²) in [6.07, 6.45) is 0.999. The maximum atomic E-state index is 13.3. The zero-order chi connectivity index (χ0) is 13.5. The highest BCUT2D eigenvalue weighted by molar-refractivity contribution is 5.75. The Bertz CT molecular complexity index is 408. The van der Waals surface area contributed by atoms with Crippen molar-refractivity contribution in [3.8, 4) is 0 Å². The molecule has 0 spiro atoms. The highest BCUT2D eigenvalue weighted by Crippen LogP contribution is 2.10. The van der Waals surface area contributed by atoms with Gasteiger partial charge in [-0.25, -0.2) is 4.39 Å². The Morgan fingerprint density at radius 2 is 2.28 bits per heavy atom. The molecule has 0 aromatic heterocycles. The molecule has 0 saturated heterocycles. The fourth-order valence-electron chi connectivity index (χ4n) is 1.48. The lowest BCUT2D eigenvalue weighted by Gasteiger charge is -2.08. The molecule has 1 aromatic rings. The van der Waals surface area contributed by atoms with E-state index in [2.05, 4.69) is 5.32 Å². The zero-order valence-electron chi connectivity index (χ0n) is 10.4. The summed E-state index contributed by atoms with van der Waals surface area (Å²) in [5.41, 5.74) is 6.46. The summed E-state index contributed by atoms with van der Waals surface area (Å²) < 4.78 is 13.3. The number of benzene rings is 1. The van der Waals surface area contributed by atoms with Crippen molar-refractivity contribution in [2.75, 3.05) is 0 Å². The Morgan fingerprint density at radius 3 is 2.83 bits per heavy atom. The number of aliphatic hydroxyl groups excluding tert-OH is 1. The van der Waals surface area contributed by atoms with Crippen LogP contribution in [-0.4, -0.2) is 17.1 Å². The molecule has 0 fully saturated rings.